The molecule has 0 heterocycles. The highest BCUT2D eigenvalue weighted by atomic mass is 16.6. The molecule has 0 saturated heterocycles. The fourth-order valence-electron chi connectivity index (χ4n) is 1.60. The van der Waals surface area contributed by atoms with E-state index in [1.807, 2.05) is 30.3 Å². The van der Waals surface area contributed by atoms with Crippen LogP contribution in [0.5, 0.6) is 0 Å². The highest BCUT2D eigenvalue weighted by Gasteiger charge is 2.03. The third kappa shape index (κ3) is 5.89. The molecule has 2 heteroatoms. The first kappa shape index (κ1) is 13.2. The number of benzene rings is 1. The summed E-state index contributed by atoms with van der Waals surface area (Å²) in [5, 5.41) is 9.59. The van der Waals surface area contributed by atoms with Crippen LogP contribution < -0.4 is 0 Å². The van der Waals surface area contributed by atoms with Gasteiger partial charge in [0.2, 0.25) is 0 Å². The number of hydrogen-bond acceptors (Lipinski definition) is 2. The van der Waals surface area contributed by atoms with Crippen LogP contribution in [0.4, 0.5) is 0 Å². The van der Waals surface area contributed by atoms with E-state index < -0.39 is 6.29 Å². The van der Waals surface area contributed by atoms with Crippen LogP contribution in [0.1, 0.15) is 44.6 Å². The van der Waals surface area contributed by atoms with E-state index in [-0.39, 0.29) is 0 Å². The zero-order valence-electron chi connectivity index (χ0n) is 10.1. The number of aliphatic hydroxyl groups is 1. The third-order valence-corrected chi connectivity index (χ3v) is 2.59. The Morgan fingerprint density at radius 2 is 1.88 bits per heavy atom. The van der Waals surface area contributed by atoms with Gasteiger partial charge in [-0.1, -0.05) is 56.5 Å². The van der Waals surface area contributed by atoms with Crippen LogP contribution in [0.15, 0.2) is 30.3 Å². The minimum absolute atomic E-state index is 0.496. The largest absolute Gasteiger partial charge is 0.368 e. The van der Waals surface area contributed by atoms with E-state index in [1.54, 1.807) is 0 Å². The Balaban J connectivity index is 2.08. The number of aliphatic hydroxyl groups excluding tert-OH is 1. The van der Waals surface area contributed by atoms with Crippen molar-refractivity contribution in [3.05, 3.63) is 35.9 Å². The summed E-state index contributed by atoms with van der Waals surface area (Å²) in [5.74, 6) is 0. The van der Waals surface area contributed by atoms with Gasteiger partial charge in [0, 0.05) is 0 Å². The monoisotopic (exact) mass is 222 g/mol. The van der Waals surface area contributed by atoms with Crippen molar-refractivity contribution in [1.82, 2.24) is 0 Å². The topological polar surface area (TPSA) is 29.5 Å². The fraction of sp³-hybridized carbons (Fsp3) is 0.571. The summed E-state index contributed by atoms with van der Waals surface area (Å²) in [6, 6.07) is 9.94. The minimum Gasteiger partial charge on any atom is -0.368 e. The summed E-state index contributed by atoms with van der Waals surface area (Å²) in [5.41, 5.74) is 1.11. The average molecular weight is 222 g/mol. The predicted molar refractivity (Wildman–Crippen MR) is 66.0 cm³/mol. The average Bonchev–Trinajstić information content (AvgIpc) is 2.33. The lowest BCUT2D eigenvalue weighted by atomic mass is 10.1. The van der Waals surface area contributed by atoms with E-state index in [4.69, 9.17) is 4.74 Å². The second kappa shape index (κ2) is 8.31. The van der Waals surface area contributed by atoms with Crippen molar-refractivity contribution >= 4 is 0 Å². The molecule has 0 unspecified atom stereocenters. The van der Waals surface area contributed by atoms with Crippen molar-refractivity contribution in [3.63, 3.8) is 0 Å². The van der Waals surface area contributed by atoms with Crippen LogP contribution in [-0.4, -0.2) is 11.4 Å². The highest BCUT2D eigenvalue weighted by molar-refractivity contribution is 5.13. The Bertz CT molecular complexity index is 259. The molecule has 0 saturated carbocycles. The van der Waals surface area contributed by atoms with Crippen LogP contribution in [0.3, 0.4) is 0 Å². The quantitative estimate of drug-likeness (QED) is 0.539. The van der Waals surface area contributed by atoms with Gasteiger partial charge in [-0.25, -0.2) is 0 Å². The number of unbranched alkanes of at least 4 members (excludes halogenated alkanes) is 3. The molecule has 0 aromatic heterocycles. The zero-order valence-corrected chi connectivity index (χ0v) is 10.1. The maximum Gasteiger partial charge on any atom is 0.154 e. The molecule has 16 heavy (non-hydrogen) atoms. The van der Waals surface area contributed by atoms with E-state index >= 15 is 0 Å². The van der Waals surface area contributed by atoms with Gasteiger partial charge in [0.25, 0.3) is 0 Å². The normalized spacial score (nSPS) is 12.6. The summed E-state index contributed by atoms with van der Waals surface area (Å²) in [4.78, 5) is 0. The van der Waals surface area contributed by atoms with Crippen LogP contribution >= 0.6 is 0 Å². The zero-order chi connectivity index (χ0) is 11.6. The molecule has 0 fully saturated rings. The van der Waals surface area contributed by atoms with Crippen molar-refractivity contribution in [3.8, 4) is 0 Å². The van der Waals surface area contributed by atoms with Crippen molar-refractivity contribution in [2.24, 2.45) is 0 Å². The van der Waals surface area contributed by atoms with Crippen molar-refractivity contribution < 1.29 is 9.84 Å². The summed E-state index contributed by atoms with van der Waals surface area (Å²) < 4.78 is 5.36. The molecular formula is C14H22O2. The van der Waals surface area contributed by atoms with Crippen LogP contribution in [0.2, 0.25) is 0 Å². The smallest absolute Gasteiger partial charge is 0.154 e. The van der Waals surface area contributed by atoms with Gasteiger partial charge in [-0.05, 0) is 18.4 Å². The molecule has 1 rings (SSSR count). The lowest BCUT2D eigenvalue weighted by Gasteiger charge is -2.11. The van der Waals surface area contributed by atoms with Crippen molar-refractivity contribution in [1.29, 1.82) is 0 Å². The first-order chi connectivity index (χ1) is 7.83. The lowest BCUT2D eigenvalue weighted by Crippen LogP contribution is -2.11. The molecule has 90 valence electrons. The molecular weight excluding hydrogens is 200 g/mol. The second-order valence-corrected chi connectivity index (χ2v) is 4.10. The standard InChI is InChI=1S/C14H22O2/c1-2-3-4-8-11-14(15)16-12-13-9-6-5-7-10-13/h5-7,9-10,14-15H,2-4,8,11-12H2,1H3/t14-/m0/s1. The lowest BCUT2D eigenvalue weighted by molar-refractivity contribution is -0.112. The summed E-state index contributed by atoms with van der Waals surface area (Å²) in [6.07, 6.45) is 4.82. The van der Waals surface area contributed by atoms with Crippen LogP contribution in [-0.2, 0) is 11.3 Å². The Kier molecular flexibility index (Phi) is 6.86. The van der Waals surface area contributed by atoms with E-state index in [0.29, 0.717) is 6.61 Å². The second-order valence-electron chi connectivity index (χ2n) is 4.10. The molecule has 1 aromatic carbocycles. The first-order valence-electron chi connectivity index (χ1n) is 6.16. The summed E-state index contributed by atoms with van der Waals surface area (Å²) in [7, 11) is 0. The Morgan fingerprint density at radius 1 is 1.12 bits per heavy atom. The van der Waals surface area contributed by atoms with Gasteiger partial charge in [0.1, 0.15) is 0 Å². The predicted octanol–water partition coefficient (Wildman–Crippen LogP) is 3.49. The Hall–Kier alpha value is -0.860. The molecule has 0 amide bonds. The summed E-state index contributed by atoms with van der Waals surface area (Å²) in [6.45, 7) is 2.68. The Morgan fingerprint density at radius 3 is 2.56 bits per heavy atom. The Labute approximate surface area is 98.3 Å². The van der Waals surface area contributed by atoms with Gasteiger partial charge in [-0.3, -0.25) is 0 Å². The van der Waals surface area contributed by atoms with Gasteiger partial charge < -0.3 is 9.84 Å². The molecule has 0 aliphatic carbocycles. The van der Waals surface area contributed by atoms with Gasteiger partial charge in [-0.2, -0.15) is 0 Å². The first-order valence-corrected chi connectivity index (χ1v) is 6.16. The third-order valence-electron chi connectivity index (χ3n) is 2.59. The fourth-order valence-corrected chi connectivity index (χ4v) is 1.60. The minimum atomic E-state index is -0.614. The molecule has 0 bridgehead atoms. The van der Waals surface area contributed by atoms with Gasteiger partial charge in [0.05, 0.1) is 6.61 Å². The van der Waals surface area contributed by atoms with E-state index in [1.165, 1.54) is 19.3 Å². The number of hydrogen-bond donors (Lipinski definition) is 1. The molecule has 0 aliphatic heterocycles. The molecule has 0 radical (unpaired) electrons. The molecule has 2 nitrogen and oxygen atoms in total. The summed E-state index contributed by atoms with van der Waals surface area (Å²) >= 11 is 0. The van der Waals surface area contributed by atoms with Gasteiger partial charge >= 0.3 is 0 Å². The maximum atomic E-state index is 9.59. The van der Waals surface area contributed by atoms with E-state index in [9.17, 15) is 5.11 Å². The SMILES string of the molecule is CCCCCC[C@@H](O)OCc1ccccc1. The number of ether oxygens (including phenoxy) is 1. The molecule has 0 aliphatic rings. The van der Waals surface area contributed by atoms with Crippen molar-refractivity contribution in [2.45, 2.75) is 51.9 Å². The number of rotatable bonds is 8. The molecule has 1 atom stereocenters. The van der Waals surface area contributed by atoms with Crippen molar-refractivity contribution in [2.75, 3.05) is 0 Å². The van der Waals surface area contributed by atoms with Crippen LogP contribution in [0, 0.1) is 0 Å². The van der Waals surface area contributed by atoms with E-state index in [0.717, 1.165) is 18.4 Å². The molecule has 0 spiro atoms. The van der Waals surface area contributed by atoms with E-state index in [2.05, 4.69) is 6.92 Å². The van der Waals surface area contributed by atoms with Gasteiger partial charge in [0.15, 0.2) is 6.29 Å². The highest BCUT2D eigenvalue weighted by Crippen LogP contribution is 2.08. The molecule has 1 aromatic rings. The molecule has 1 N–H and O–H groups in total. The van der Waals surface area contributed by atoms with Crippen LogP contribution in [0.25, 0.3) is 0 Å². The maximum absolute atomic E-state index is 9.59. The van der Waals surface area contributed by atoms with Gasteiger partial charge in [-0.15, -0.1) is 0 Å².